The molecule has 0 unspecified atom stereocenters. The molecule has 6 nitrogen and oxygen atoms in total. The topological polar surface area (TPSA) is 72.7 Å². The molecule has 0 saturated heterocycles. The third-order valence-corrected chi connectivity index (χ3v) is 5.23. The molecular weight excluding hydrogens is 389 g/mol. The summed E-state index contributed by atoms with van der Waals surface area (Å²) < 4.78 is 15.4. The van der Waals surface area contributed by atoms with E-state index in [1.807, 2.05) is 0 Å². The van der Waals surface area contributed by atoms with E-state index in [9.17, 15) is 9.18 Å². The highest BCUT2D eigenvalue weighted by Gasteiger charge is 2.14. The van der Waals surface area contributed by atoms with Crippen LogP contribution in [0.15, 0.2) is 60.9 Å². The number of tetrazole rings is 1. The Labute approximate surface area is 162 Å². The zero-order chi connectivity index (χ0) is 18.8. The van der Waals surface area contributed by atoms with Crippen LogP contribution < -0.4 is 5.32 Å². The molecule has 0 saturated carbocycles. The van der Waals surface area contributed by atoms with Gasteiger partial charge in [-0.25, -0.2) is 9.07 Å². The zero-order valence-corrected chi connectivity index (χ0v) is 15.2. The van der Waals surface area contributed by atoms with Crippen LogP contribution in [-0.4, -0.2) is 26.1 Å². The molecule has 2 aromatic heterocycles. The minimum Gasteiger partial charge on any atom is -0.320 e. The number of hydrogen-bond acceptors (Lipinski definition) is 5. The minimum absolute atomic E-state index is 0.330. The van der Waals surface area contributed by atoms with Crippen molar-refractivity contribution in [2.45, 2.75) is 0 Å². The number of hydrogen-bond donors (Lipinski definition) is 1. The Morgan fingerprint density at radius 1 is 1.15 bits per heavy atom. The first-order valence-electron chi connectivity index (χ1n) is 7.81. The van der Waals surface area contributed by atoms with E-state index in [4.69, 9.17) is 11.6 Å². The van der Waals surface area contributed by atoms with Crippen molar-refractivity contribution in [2.24, 2.45) is 0 Å². The van der Waals surface area contributed by atoms with E-state index in [2.05, 4.69) is 20.8 Å². The molecule has 0 aliphatic rings. The van der Waals surface area contributed by atoms with Gasteiger partial charge in [-0.2, -0.15) is 0 Å². The number of anilines is 1. The molecule has 0 radical (unpaired) electrons. The lowest BCUT2D eigenvalue weighted by Gasteiger charge is -2.08. The van der Waals surface area contributed by atoms with Crippen LogP contribution in [0.2, 0.25) is 5.02 Å². The van der Waals surface area contributed by atoms with Gasteiger partial charge in [-0.3, -0.25) is 4.79 Å². The van der Waals surface area contributed by atoms with Gasteiger partial charge in [-0.15, -0.1) is 16.4 Å². The Balaban J connectivity index is 1.58. The van der Waals surface area contributed by atoms with Gasteiger partial charge in [0.1, 0.15) is 12.1 Å². The van der Waals surface area contributed by atoms with Crippen molar-refractivity contribution in [3.8, 4) is 16.1 Å². The lowest BCUT2D eigenvalue weighted by atomic mass is 10.2. The Kier molecular flexibility index (Phi) is 4.66. The first-order chi connectivity index (χ1) is 13.1. The summed E-state index contributed by atoms with van der Waals surface area (Å²) in [6.45, 7) is 0. The number of thiophene rings is 1. The summed E-state index contributed by atoms with van der Waals surface area (Å²) in [5.41, 5.74) is 1.54. The van der Waals surface area contributed by atoms with Crippen LogP contribution in [-0.2, 0) is 0 Å². The normalized spacial score (nSPS) is 10.7. The van der Waals surface area contributed by atoms with E-state index in [0.29, 0.717) is 31.7 Å². The number of nitrogens with one attached hydrogen (secondary N) is 1. The van der Waals surface area contributed by atoms with Gasteiger partial charge in [0.15, 0.2) is 0 Å². The standard InChI is InChI=1S/C18H11ClFN5OS/c19-13-6-5-11(25-10-21-23-24-25)9-15(13)22-18(26)17-8-7-16(27-17)12-3-1-2-4-14(12)20/h1-10H,(H,22,26). The van der Waals surface area contributed by atoms with Crippen molar-refractivity contribution in [1.82, 2.24) is 20.2 Å². The van der Waals surface area contributed by atoms with Crippen LogP contribution in [0, 0.1) is 5.82 Å². The molecule has 0 atom stereocenters. The monoisotopic (exact) mass is 399 g/mol. The van der Waals surface area contributed by atoms with Crippen LogP contribution in [0.25, 0.3) is 16.1 Å². The number of amides is 1. The predicted octanol–water partition coefficient (Wildman–Crippen LogP) is 4.44. The maximum absolute atomic E-state index is 13.9. The maximum atomic E-state index is 13.9. The molecule has 2 heterocycles. The van der Waals surface area contributed by atoms with E-state index < -0.39 is 0 Å². The van der Waals surface area contributed by atoms with E-state index in [1.54, 1.807) is 48.5 Å². The van der Waals surface area contributed by atoms with Crippen LogP contribution in [0.5, 0.6) is 0 Å². The molecule has 0 aliphatic carbocycles. The second-order valence-corrected chi connectivity index (χ2v) is 7.01. The van der Waals surface area contributed by atoms with Gasteiger partial charge in [0.05, 0.1) is 21.3 Å². The van der Waals surface area contributed by atoms with Crippen LogP contribution in [0.1, 0.15) is 9.67 Å². The molecule has 0 bridgehead atoms. The van der Waals surface area contributed by atoms with Crippen LogP contribution in [0.3, 0.4) is 0 Å². The summed E-state index contributed by atoms with van der Waals surface area (Å²) in [7, 11) is 0. The van der Waals surface area contributed by atoms with Gasteiger partial charge in [0.25, 0.3) is 5.91 Å². The average Bonchev–Trinajstić information content (AvgIpc) is 3.36. The maximum Gasteiger partial charge on any atom is 0.265 e. The highest BCUT2D eigenvalue weighted by atomic mass is 35.5. The first-order valence-corrected chi connectivity index (χ1v) is 9.00. The summed E-state index contributed by atoms with van der Waals surface area (Å²) in [6.07, 6.45) is 1.44. The fourth-order valence-electron chi connectivity index (χ4n) is 2.48. The molecule has 134 valence electrons. The van der Waals surface area contributed by atoms with E-state index in [1.165, 1.54) is 28.4 Å². The molecule has 4 rings (SSSR count). The number of benzene rings is 2. The third-order valence-electron chi connectivity index (χ3n) is 3.78. The Hall–Kier alpha value is -3.10. The molecule has 0 fully saturated rings. The zero-order valence-electron chi connectivity index (χ0n) is 13.6. The molecule has 27 heavy (non-hydrogen) atoms. The van der Waals surface area contributed by atoms with Crippen molar-refractivity contribution in [1.29, 1.82) is 0 Å². The molecule has 9 heteroatoms. The summed E-state index contributed by atoms with van der Waals surface area (Å²) >= 11 is 7.39. The summed E-state index contributed by atoms with van der Waals surface area (Å²) in [6, 6.07) is 14.9. The van der Waals surface area contributed by atoms with Gasteiger partial charge >= 0.3 is 0 Å². The van der Waals surface area contributed by atoms with Crippen LogP contribution >= 0.6 is 22.9 Å². The molecular formula is C18H11ClFN5OS. The Morgan fingerprint density at radius 2 is 2.00 bits per heavy atom. The minimum atomic E-state index is -0.335. The van der Waals surface area contributed by atoms with Crippen molar-refractivity contribution < 1.29 is 9.18 Å². The Morgan fingerprint density at radius 3 is 2.78 bits per heavy atom. The second-order valence-electron chi connectivity index (χ2n) is 5.52. The largest absolute Gasteiger partial charge is 0.320 e. The van der Waals surface area contributed by atoms with Crippen LogP contribution in [0.4, 0.5) is 10.1 Å². The number of carbonyl (C=O) groups excluding carboxylic acids is 1. The molecule has 2 aromatic carbocycles. The third kappa shape index (κ3) is 3.57. The van der Waals surface area contributed by atoms with Gasteiger partial charge in [-0.05, 0) is 46.8 Å². The van der Waals surface area contributed by atoms with Gasteiger partial charge in [0.2, 0.25) is 0 Å². The van der Waals surface area contributed by atoms with Crippen molar-refractivity contribution in [3.63, 3.8) is 0 Å². The number of nitrogens with zero attached hydrogens (tertiary/aromatic N) is 4. The first kappa shape index (κ1) is 17.3. The average molecular weight is 400 g/mol. The lowest BCUT2D eigenvalue weighted by Crippen LogP contribution is -2.11. The van der Waals surface area contributed by atoms with Gasteiger partial charge in [0, 0.05) is 10.4 Å². The van der Waals surface area contributed by atoms with E-state index in [-0.39, 0.29) is 11.7 Å². The quantitative estimate of drug-likeness (QED) is 0.550. The number of aromatic nitrogens is 4. The fraction of sp³-hybridized carbons (Fsp3) is 0. The van der Waals surface area contributed by atoms with E-state index in [0.717, 1.165) is 0 Å². The highest BCUT2D eigenvalue weighted by molar-refractivity contribution is 7.17. The number of carbonyl (C=O) groups is 1. The Bertz CT molecular complexity index is 1110. The molecule has 4 aromatic rings. The molecule has 1 amide bonds. The SMILES string of the molecule is O=C(Nc1cc(-n2cnnn2)ccc1Cl)c1ccc(-c2ccccc2F)s1. The molecule has 1 N–H and O–H groups in total. The molecule has 0 aliphatic heterocycles. The second kappa shape index (κ2) is 7.26. The lowest BCUT2D eigenvalue weighted by molar-refractivity contribution is 0.103. The number of rotatable bonds is 4. The number of halogens is 2. The van der Waals surface area contributed by atoms with Gasteiger partial charge < -0.3 is 5.32 Å². The van der Waals surface area contributed by atoms with E-state index >= 15 is 0 Å². The van der Waals surface area contributed by atoms with Crippen molar-refractivity contribution in [3.05, 3.63) is 76.6 Å². The predicted molar refractivity (Wildman–Crippen MR) is 102 cm³/mol. The summed E-state index contributed by atoms with van der Waals surface area (Å²) in [4.78, 5) is 13.7. The van der Waals surface area contributed by atoms with Crippen molar-refractivity contribution >= 4 is 34.5 Å². The summed E-state index contributed by atoms with van der Waals surface area (Å²) in [5, 5.41) is 14.1. The smallest absolute Gasteiger partial charge is 0.265 e. The van der Waals surface area contributed by atoms with Gasteiger partial charge in [-0.1, -0.05) is 29.8 Å². The van der Waals surface area contributed by atoms with Crippen molar-refractivity contribution in [2.75, 3.05) is 5.32 Å². The fourth-order valence-corrected chi connectivity index (χ4v) is 3.57. The summed E-state index contributed by atoms with van der Waals surface area (Å²) in [5.74, 6) is -0.665. The molecule has 0 spiro atoms. The highest BCUT2D eigenvalue weighted by Crippen LogP contribution is 2.31.